The molecule has 0 radical (unpaired) electrons. The highest BCUT2D eigenvalue weighted by molar-refractivity contribution is 8.12. The summed E-state index contributed by atoms with van der Waals surface area (Å²) in [6.45, 7) is 0. The van der Waals surface area contributed by atoms with Crippen LogP contribution in [0, 0.1) is 0 Å². The summed E-state index contributed by atoms with van der Waals surface area (Å²) in [6, 6.07) is 7.39. The highest BCUT2D eigenvalue weighted by atomic mass is 35.5. The summed E-state index contributed by atoms with van der Waals surface area (Å²) in [5.74, 6) is 0.537. The highest BCUT2D eigenvalue weighted by Crippen LogP contribution is 2.20. The number of carbonyl (C=O) groups excluding carboxylic acids is 1. The summed E-state index contributed by atoms with van der Waals surface area (Å²) < 4.78 is 0. The van der Waals surface area contributed by atoms with Crippen molar-refractivity contribution >= 4 is 28.6 Å². The van der Waals surface area contributed by atoms with E-state index < -0.39 is 0 Å². The first kappa shape index (κ1) is 9.42. The number of primary amides is 1. The van der Waals surface area contributed by atoms with Crippen LogP contribution >= 0.6 is 23.4 Å². The van der Waals surface area contributed by atoms with E-state index in [-0.39, 0.29) is 5.24 Å². The maximum absolute atomic E-state index is 10.4. The van der Waals surface area contributed by atoms with Gasteiger partial charge in [-0.25, -0.2) is 0 Å². The Morgan fingerprint density at radius 3 is 2.75 bits per heavy atom. The number of benzene rings is 1. The van der Waals surface area contributed by atoms with Crippen LogP contribution in [0.4, 0.5) is 4.79 Å². The van der Waals surface area contributed by atoms with Gasteiger partial charge in [0.25, 0.3) is 5.24 Å². The first-order valence-electron chi connectivity index (χ1n) is 3.36. The minimum atomic E-state index is -0.380. The predicted molar refractivity (Wildman–Crippen MR) is 52.3 cm³/mol. The lowest BCUT2D eigenvalue weighted by molar-refractivity contribution is 0.267. The molecule has 0 saturated heterocycles. The Hall–Kier alpha value is -0.670. The molecule has 0 aliphatic rings. The zero-order valence-corrected chi connectivity index (χ0v) is 7.86. The topological polar surface area (TPSA) is 43.1 Å². The fourth-order valence-corrected chi connectivity index (χ4v) is 1.60. The molecule has 2 nitrogen and oxygen atoms in total. The summed E-state index contributed by atoms with van der Waals surface area (Å²) in [7, 11) is 0. The largest absolute Gasteiger partial charge is 0.361 e. The van der Waals surface area contributed by atoms with Crippen LogP contribution < -0.4 is 5.73 Å². The third kappa shape index (κ3) is 2.75. The number of amides is 1. The van der Waals surface area contributed by atoms with Gasteiger partial charge < -0.3 is 5.73 Å². The number of carbonyl (C=O) groups is 1. The van der Waals surface area contributed by atoms with Crippen molar-refractivity contribution < 1.29 is 4.79 Å². The Balaban J connectivity index is 2.63. The Labute approximate surface area is 80.1 Å². The standard InChI is InChI=1S/C8H8ClNOS/c9-7-4-2-1-3-6(7)5-12-8(10)11/h1-4H,5H2,(H2,10,11). The van der Waals surface area contributed by atoms with Gasteiger partial charge in [0.2, 0.25) is 0 Å². The maximum atomic E-state index is 10.4. The normalized spacial score (nSPS) is 9.75. The van der Waals surface area contributed by atoms with Crippen molar-refractivity contribution in [2.24, 2.45) is 5.73 Å². The third-order valence-corrected chi connectivity index (χ3v) is 2.44. The smallest absolute Gasteiger partial charge is 0.276 e. The average Bonchev–Trinajstić information content (AvgIpc) is 2.03. The molecule has 1 amide bonds. The molecule has 4 heteroatoms. The van der Waals surface area contributed by atoms with Crippen molar-refractivity contribution in [2.75, 3.05) is 0 Å². The summed E-state index contributed by atoms with van der Waals surface area (Å²) in [5.41, 5.74) is 5.90. The molecule has 0 aliphatic heterocycles. The van der Waals surface area contributed by atoms with Gasteiger partial charge in [0.15, 0.2) is 0 Å². The Kier molecular flexibility index (Phi) is 3.44. The lowest BCUT2D eigenvalue weighted by Crippen LogP contribution is -2.02. The van der Waals surface area contributed by atoms with Crippen LogP contribution in [0.25, 0.3) is 0 Å². The molecule has 0 aliphatic carbocycles. The molecule has 0 bridgehead atoms. The van der Waals surface area contributed by atoms with E-state index in [4.69, 9.17) is 17.3 Å². The molecule has 1 rings (SSSR count). The molecule has 0 unspecified atom stereocenters. The molecule has 0 saturated carbocycles. The zero-order chi connectivity index (χ0) is 8.97. The van der Waals surface area contributed by atoms with Crippen LogP contribution in [-0.2, 0) is 5.75 Å². The molecule has 12 heavy (non-hydrogen) atoms. The molecule has 0 aromatic heterocycles. The molecule has 0 atom stereocenters. The van der Waals surface area contributed by atoms with Crippen molar-refractivity contribution in [3.05, 3.63) is 34.9 Å². The quantitative estimate of drug-likeness (QED) is 0.800. The molecule has 1 aromatic rings. The number of hydrogen-bond donors (Lipinski definition) is 1. The zero-order valence-electron chi connectivity index (χ0n) is 6.29. The third-order valence-electron chi connectivity index (χ3n) is 1.33. The second kappa shape index (κ2) is 4.38. The molecule has 0 spiro atoms. The van der Waals surface area contributed by atoms with E-state index in [1.165, 1.54) is 0 Å². The van der Waals surface area contributed by atoms with Crippen molar-refractivity contribution in [1.82, 2.24) is 0 Å². The molecule has 0 heterocycles. The number of thioether (sulfide) groups is 1. The Morgan fingerprint density at radius 2 is 2.17 bits per heavy atom. The molecule has 0 fully saturated rings. The number of rotatable bonds is 2. The van der Waals surface area contributed by atoms with Crippen molar-refractivity contribution in [3.63, 3.8) is 0 Å². The van der Waals surface area contributed by atoms with E-state index in [1.807, 2.05) is 18.2 Å². The monoisotopic (exact) mass is 201 g/mol. The van der Waals surface area contributed by atoms with Gasteiger partial charge >= 0.3 is 0 Å². The van der Waals surface area contributed by atoms with Gasteiger partial charge in [-0.05, 0) is 11.6 Å². The lowest BCUT2D eigenvalue weighted by Gasteiger charge is -2.00. The van der Waals surface area contributed by atoms with Gasteiger partial charge in [-0.15, -0.1) is 0 Å². The fraction of sp³-hybridized carbons (Fsp3) is 0.125. The van der Waals surface area contributed by atoms with E-state index in [2.05, 4.69) is 0 Å². The van der Waals surface area contributed by atoms with E-state index in [0.717, 1.165) is 17.3 Å². The first-order valence-corrected chi connectivity index (χ1v) is 4.72. The summed E-state index contributed by atoms with van der Waals surface area (Å²) in [6.07, 6.45) is 0. The molecular formula is C8H8ClNOS. The van der Waals surface area contributed by atoms with Crippen LogP contribution in [0.15, 0.2) is 24.3 Å². The van der Waals surface area contributed by atoms with Gasteiger partial charge in [0.05, 0.1) is 0 Å². The summed E-state index contributed by atoms with van der Waals surface area (Å²) in [5, 5.41) is 0.293. The average molecular weight is 202 g/mol. The Morgan fingerprint density at radius 1 is 1.50 bits per heavy atom. The van der Waals surface area contributed by atoms with Gasteiger partial charge in [-0.2, -0.15) is 0 Å². The SMILES string of the molecule is NC(=O)SCc1ccccc1Cl. The van der Waals surface area contributed by atoms with Crippen LogP contribution in [0.3, 0.4) is 0 Å². The number of halogens is 1. The maximum Gasteiger partial charge on any atom is 0.276 e. The first-order chi connectivity index (χ1) is 5.70. The van der Waals surface area contributed by atoms with Crippen LogP contribution in [-0.4, -0.2) is 5.24 Å². The van der Waals surface area contributed by atoms with Crippen molar-refractivity contribution in [3.8, 4) is 0 Å². The predicted octanol–water partition coefficient (Wildman–Crippen LogP) is 2.65. The number of nitrogens with two attached hydrogens (primary N) is 1. The Bertz CT molecular complexity index is 290. The van der Waals surface area contributed by atoms with Crippen LogP contribution in [0.5, 0.6) is 0 Å². The highest BCUT2D eigenvalue weighted by Gasteiger charge is 2.00. The fourth-order valence-electron chi connectivity index (χ4n) is 0.764. The lowest BCUT2D eigenvalue weighted by atomic mass is 10.2. The van der Waals surface area contributed by atoms with Crippen molar-refractivity contribution in [2.45, 2.75) is 5.75 Å². The van der Waals surface area contributed by atoms with E-state index in [1.54, 1.807) is 6.07 Å². The second-order valence-electron chi connectivity index (χ2n) is 2.20. The van der Waals surface area contributed by atoms with E-state index in [9.17, 15) is 4.79 Å². The van der Waals surface area contributed by atoms with Gasteiger partial charge in [-0.1, -0.05) is 41.6 Å². The van der Waals surface area contributed by atoms with Crippen molar-refractivity contribution in [1.29, 1.82) is 0 Å². The minimum Gasteiger partial charge on any atom is -0.361 e. The molecular weight excluding hydrogens is 194 g/mol. The molecule has 2 N–H and O–H groups in total. The van der Waals surface area contributed by atoms with Gasteiger partial charge in [0, 0.05) is 10.8 Å². The van der Waals surface area contributed by atoms with Gasteiger partial charge in [0.1, 0.15) is 0 Å². The summed E-state index contributed by atoms with van der Waals surface area (Å²) >= 11 is 6.90. The van der Waals surface area contributed by atoms with Crippen LogP contribution in [0.1, 0.15) is 5.56 Å². The van der Waals surface area contributed by atoms with Gasteiger partial charge in [-0.3, -0.25) is 4.79 Å². The number of hydrogen-bond acceptors (Lipinski definition) is 2. The van der Waals surface area contributed by atoms with E-state index in [0.29, 0.717) is 10.8 Å². The van der Waals surface area contributed by atoms with Crippen LogP contribution in [0.2, 0.25) is 5.02 Å². The minimum absolute atomic E-state index is 0.380. The van der Waals surface area contributed by atoms with E-state index >= 15 is 0 Å². The summed E-state index contributed by atoms with van der Waals surface area (Å²) in [4.78, 5) is 10.4. The molecule has 1 aromatic carbocycles. The second-order valence-corrected chi connectivity index (χ2v) is 3.59. The molecule has 64 valence electrons.